The van der Waals surface area contributed by atoms with E-state index in [9.17, 15) is 48.6 Å². The van der Waals surface area contributed by atoms with Gasteiger partial charge in [-0.2, -0.15) is 0 Å². The molecule has 3 saturated carbocycles. The van der Waals surface area contributed by atoms with Crippen molar-refractivity contribution < 1.29 is 57.9 Å². The van der Waals surface area contributed by atoms with Gasteiger partial charge in [-0.25, -0.2) is 0 Å². The summed E-state index contributed by atoms with van der Waals surface area (Å²) in [7, 11) is -0.649. The molecule has 16 nitrogen and oxygen atoms in total. The van der Waals surface area contributed by atoms with E-state index in [2.05, 4.69) is 55.8 Å². The number of unbranched alkanes of at least 4 members (excludes halogenated alkanes) is 1. The summed E-state index contributed by atoms with van der Waals surface area (Å²) in [6.07, 6.45) is 1.66. The number of nitrogens with one attached hydrogen (secondary N) is 3. The summed E-state index contributed by atoms with van der Waals surface area (Å²) in [6, 6.07) is 11.4. The van der Waals surface area contributed by atoms with Crippen LogP contribution in [-0.2, 0) is 49.3 Å². The minimum atomic E-state index is -1.45. The van der Waals surface area contributed by atoms with E-state index in [1.165, 1.54) is 26.3 Å². The molecule has 1 heterocycles. The number of rotatable bonds is 27. The number of carbonyl (C=O) groups is 8. The van der Waals surface area contributed by atoms with Gasteiger partial charge in [-0.15, -0.1) is 0 Å². The van der Waals surface area contributed by atoms with E-state index in [0.717, 1.165) is 43.2 Å². The Morgan fingerprint density at radius 2 is 1.42 bits per heavy atom. The van der Waals surface area contributed by atoms with E-state index in [0.29, 0.717) is 17.4 Å². The van der Waals surface area contributed by atoms with Crippen molar-refractivity contribution in [2.75, 3.05) is 6.61 Å². The maximum atomic E-state index is 13.6. The minimum absolute atomic E-state index is 0.0735. The van der Waals surface area contributed by atoms with Gasteiger partial charge in [-0.1, -0.05) is 89.6 Å². The maximum Gasteiger partial charge on any atom is 0.461 e. The van der Waals surface area contributed by atoms with Crippen LogP contribution in [-0.4, -0.2) is 107 Å². The lowest BCUT2D eigenvalue weighted by Gasteiger charge is -2.64. The molecule has 17 heteroatoms. The van der Waals surface area contributed by atoms with Crippen LogP contribution in [0.4, 0.5) is 0 Å². The second-order valence-electron chi connectivity index (χ2n) is 20.7. The molecule has 2 aromatic rings. The fraction of sp³-hybridized carbons (Fsp3) is 0.615. The molecule has 0 radical (unpaired) electrons. The number of amides is 4. The molecule has 0 spiro atoms. The number of hydrogen-bond donors (Lipinski definition) is 6. The maximum absolute atomic E-state index is 13.6. The van der Waals surface area contributed by atoms with Crippen LogP contribution in [0.25, 0.3) is 11.1 Å². The fourth-order valence-electron chi connectivity index (χ4n) is 10.2. The molecule has 11 atom stereocenters. The third kappa shape index (κ3) is 13.6. The standard InChI is InChI=1S/C52H73BN4O12/c1-9-10-11-33-12-14-34(15-13-33)35-16-18-36(19-17-35)41(61)24-37(28-58)50(67)55-31(4)40(60)20-21-47(65)57-48(32(5)59)43(63)22-29(2)49(66)56-39(27-46(54)64)42(62)23-30(3)53-68-45-26-38-25-44(51(38,6)7)52(45,8)69-53/h12-19,29-32,37-39,44-45,48,58-59H,9-11,20-28H2,1-8H3,(H2,54,64)(H,55,67)(H,56,66)(H,57,65)/t29-,30-,31-,32?,37-,38+,39+,44+,45?,48+,52+/m1/s1. The second kappa shape index (κ2) is 23.7. The lowest BCUT2D eigenvalue weighted by Crippen LogP contribution is -2.65. The lowest BCUT2D eigenvalue weighted by molar-refractivity contribution is -0.199. The Balaban J connectivity index is 1.05. The zero-order valence-corrected chi connectivity index (χ0v) is 41.5. The molecule has 69 heavy (non-hydrogen) atoms. The number of primary amides is 1. The van der Waals surface area contributed by atoms with Crippen molar-refractivity contribution in [2.45, 2.75) is 168 Å². The summed E-state index contributed by atoms with van der Waals surface area (Å²) in [4.78, 5) is 104. The average molecular weight is 957 g/mol. The highest BCUT2D eigenvalue weighted by molar-refractivity contribution is 6.47. The van der Waals surface area contributed by atoms with E-state index >= 15 is 0 Å². The summed E-state index contributed by atoms with van der Waals surface area (Å²) < 4.78 is 12.8. The summed E-state index contributed by atoms with van der Waals surface area (Å²) >= 11 is 0. The number of aliphatic hydroxyl groups is 2. The van der Waals surface area contributed by atoms with E-state index in [4.69, 9.17) is 15.0 Å². The number of carbonyl (C=O) groups excluding carboxylic acids is 8. The van der Waals surface area contributed by atoms with Crippen molar-refractivity contribution in [3.63, 3.8) is 0 Å². The Hall–Kier alpha value is -5.10. The van der Waals surface area contributed by atoms with Crippen LogP contribution >= 0.6 is 0 Å². The largest absolute Gasteiger partial charge is 0.461 e. The van der Waals surface area contributed by atoms with Gasteiger partial charge in [0.05, 0.1) is 48.8 Å². The SMILES string of the molecule is CCCCc1ccc(-c2ccc(C(=O)C[C@H](CO)C(=O)N[C@H](C)C(=O)CCC(=O)N[C@H](C(=O)C[C@@H](C)C(=O)N[C@@H](CC(N)=O)C(=O)C[C@@H](C)B3OC4C[C@@H]5C[C@@H](C5(C)C)[C@]4(C)O3)C(C)O)cc2)cc1. The van der Waals surface area contributed by atoms with E-state index in [1.54, 1.807) is 12.1 Å². The highest BCUT2D eigenvalue weighted by atomic mass is 16.7. The fourth-order valence-corrected chi connectivity index (χ4v) is 10.2. The predicted molar refractivity (Wildman–Crippen MR) is 259 cm³/mol. The van der Waals surface area contributed by atoms with Gasteiger partial charge in [-0.3, -0.25) is 38.4 Å². The Bertz CT molecular complexity index is 2200. The van der Waals surface area contributed by atoms with Gasteiger partial charge in [-0.05, 0) is 86.2 Å². The van der Waals surface area contributed by atoms with Gasteiger partial charge in [0, 0.05) is 43.6 Å². The van der Waals surface area contributed by atoms with Crippen LogP contribution < -0.4 is 21.7 Å². The number of benzene rings is 2. The molecule has 4 fully saturated rings. The number of ketones is 4. The van der Waals surface area contributed by atoms with Crippen molar-refractivity contribution >= 4 is 53.9 Å². The Morgan fingerprint density at radius 1 is 0.783 bits per heavy atom. The van der Waals surface area contributed by atoms with Crippen molar-refractivity contribution in [1.82, 2.24) is 16.0 Å². The number of nitrogens with two attached hydrogens (primary N) is 1. The topological polar surface area (TPSA) is 258 Å². The second-order valence-corrected chi connectivity index (χ2v) is 20.7. The molecule has 1 aliphatic heterocycles. The zero-order chi connectivity index (χ0) is 51.0. The van der Waals surface area contributed by atoms with Crippen LogP contribution in [0.5, 0.6) is 0 Å². The van der Waals surface area contributed by atoms with Gasteiger partial charge in [0.25, 0.3) is 0 Å². The van der Waals surface area contributed by atoms with E-state index in [1.807, 2.05) is 31.2 Å². The Kier molecular flexibility index (Phi) is 18.8. The molecule has 2 aromatic carbocycles. The number of aryl methyl sites for hydroxylation is 1. The first kappa shape index (κ1) is 54.8. The van der Waals surface area contributed by atoms with Crippen LogP contribution in [0.2, 0.25) is 5.82 Å². The number of aliphatic hydroxyl groups excluding tert-OH is 2. The third-order valence-electron chi connectivity index (χ3n) is 14.9. The van der Waals surface area contributed by atoms with Gasteiger partial charge >= 0.3 is 7.12 Å². The summed E-state index contributed by atoms with van der Waals surface area (Å²) in [6.45, 7) is 14.0. The smallest absolute Gasteiger partial charge is 0.405 e. The first-order valence-corrected chi connectivity index (χ1v) is 24.6. The molecule has 2 bridgehead atoms. The first-order chi connectivity index (χ1) is 32.5. The summed E-state index contributed by atoms with van der Waals surface area (Å²) in [5.74, 6) is -6.77. The highest BCUT2D eigenvalue weighted by Crippen LogP contribution is 2.66. The molecular weight excluding hydrogens is 883 g/mol. The van der Waals surface area contributed by atoms with Gasteiger partial charge < -0.3 is 41.2 Å². The van der Waals surface area contributed by atoms with Crippen LogP contribution in [0, 0.1) is 29.1 Å². The van der Waals surface area contributed by atoms with Gasteiger partial charge in [0.15, 0.2) is 23.1 Å². The van der Waals surface area contributed by atoms with Crippen LogP contribution in [0.3, 0.4) is 0 Å². The minimum Gasteiger partial charge on any atom is -0.405 e. The van der Waals surface area contributed by atoms with Crippen molar-refractivity contribution in [2.24, 2.45) is 34.8 Å². The summed E-state index contributed by atoms with van der Waals surface area (Å²) in [5, 5.41) is 28.0. The molecular formula is C52H73BN4O12. The molecule has 1 saturated heterocycles. The molecule has 4 aliphatic rings. The summed E-state index contributed by atoms with van der Waals surface area (Å²) in [5.41, 5.74) is 8.68. The van der Waals surface area contributed by atoms with Gasteiger partial charge in [0.2, 0.25) is 23.6 Å². The zero-order valence-electron chi connectivity index (χ0n) is 41.5. The van der Waals surface area contributed by atoms with Crippen molar-refractivity contribution in [1.29, 1.82) is 0 Å². The molecule has 7 N–H and O–H groups in total. The first-order valence-electron chi connectivity index (χ1n) is 24.6. The lowest BCUT2D eigenvalue weighted by atomic mass is 9.43. The van der Waals surface area contributed by atoms with E-state index in [-0.39, 0.29) is 36.6 Å². The third-order valence-corrected chi connectivity index (χ3v) is 14.9. The van der Waals surface area contributed by atoms with E-state index < -0.39 is 121 Å². The monoisotopic (exact) mass is 957 g/mol. The molecule has 6 rings (SSSR count). The van der Waals surface area contributed by atoms with Crippen molar-refractivity contribution in [3.05, 3.63) is 59.7 Å². The van der Waals surface area contributed by atoms with Gasteiger partial charge in [0.1, 0.15) is 6.04 Å². The highest BCUT2D eigenvalue weighted by Gasteiger charge is 2.68. The Morgan fingerprint density at radius 3 is 2.00 bits per heavy atom. The van der Waals surface area contributed by atoms with Crippen molar-refractivity contribution in [3.8, 4) is 11.1 Å². The van der Waals surface area contributed by atoms with Crippen LogP contribution in [0.15, 0.2) is 48.5 Å². The molecule has 4 amide bonds. The normalized spacial score (nSPS) is 23.1. The molecule has 0 aromatic heterocycles. The number of hydrogen-bond acceptors (Lipinski definition) is 12. The predicted octanol–water partition coefficient (Wildman–Crippen LogP) is 4.63. The average Bonchev–Trinajstić information content (AvgIpc) is 3.68. The molecule has 376 valence electrons. The number of Topliss-reactive ketones (excluding diaryl/α,β-unsaturated/α-hetero) is 4. The van der Waals surface area contributed by atoms with Crippen LogP contribution in [0.1, 0.15) is 136 Å². The molecule has 3 aliphatic carbocycles. The molecule has 2 unspecified atom stereocenters. The quantitative estimate of drug-likeness (QED) is 0.0530. The Labute approximate surface area is 406 Å².